The Balaban J connectivity index is 1.72. The van der Waals surface area contributed by atoms with Crippen LogP contribution in [-0.4, -0.2) is 31.1 Å². The van der Waals surface area contributed by atoms with Crippen molar-refractivity contribution in [3.05, 3.63) is 74.5 Å². The first-order chi connectivity index (χ1) is 16.3. The molecule has 1 atom stereocenters. The fourth-order valence-corrected chi connectivity index (χ4v) is 4.91. The summed E-state index contributed by atoms with van der Waals surface area (Å²) >= 11 is 3.36. The molecule has 1 aliphatic carbocycles. The molecule has 0 radical (unpaired) electrons. The lowest BCUT2D eigenvalue weighted by Gasteiger charge is -2.34. The average Bonchev–Trinajstić information content (AvgIpc) is 2.83. The summed E-state index contributed by atoms with van der Waals surface area (Å²) in [4.78, 5) is 26.5. The monoisotopic (exact) mass is 527 g/mol. The fraction of sp³-hybridized carbons (Fsp3) is 0.308. The number of dihydropyridines is 1. The lowest BCUT2D eigenvalue weighted by molar-refractivity contribution is -0.140. The number of carbonyl (C=O) groups is 2. The van der Waals surface area contributed by atoms with Gasteiger partial charge in [0.25, 0.3) is 0 Å². The van der Waals surface area contributed by atoms with E-state index in [4.69, 9.17) is 14.2 Å². The van der Waals surface area contributed by atoms with Crippen LogP contribution in [0.3, 0.4) is 0 Å². The second-order valence-corrected chi connectivity index (χ2v) is 9.10. The number of phenols is 1. The summed E-state index contributed by atoms with van der Waals surface area (Å²) in [7, 11) is 3.04. The number of benzene rings is 2. The molecule has 0 amide bonds. The van der Waals surface area contributed by atoms with E-state index in [1.165, 1.54) is 7.11 Å². The Morgan fingerprint density at radius 3 is 2.56 bits per heavy atom. The third-order valence-electron chi connectivity index (χ3n) is 6.13. The zero-order chi connectivity index (χ0) is 24.4. The molecule has 0 aromatic heterocycles. The third-order valence-corrected chi connectivity index (χ3v) is 6.73. The number of aromatic hydroxyl groups is 1. The SMILES string of the molecule is COc1ccc(COC(=O)C2=C(C)NC3=C(C(=O)CCC3)[C@@H]2c2cc(Br)c(O)c(OC)c2)cc1. The lowest BCUT2D eigenvalue weighted by Crippen LogP contribution is -2.34. The molecule has 4 rings (SSSR count). The zero-order valence-corrected chi connectivity index (χ0v) is 20.8. The van der Waals surface area contributed by atoms with Gasteiger partial charge in [-0.2, -0.15) is 0 Å². The van der Waals surface area contributed by atoms with E-state index >= 15 is 0 Å². The molecule has 7 nitrogen and oxygen atoms in total. The van der Waals surface area contributed by atoms with Crippen molar-refractivity contribution >= 4 is 27.7 Å². The Morgan fingerprint density at radius 2 is 1.88 bits per heavy atom. The van der Waals surface area contributed by atoms with Crippen molar-refractivity contribution in [3.63, 3.8) is 0 Å². The van der Waals surface area contributed by atoms with Crippen molar-refractivity contribution in [1.29, 1.82) is 0 Å². The number of hydrogen-bond donors (Lipinski definition) is 2. The van der Waals surface area contributed by atoms with Crippen LogP contribution in [0.25, 0.3) is 0 Å². The second-order valence-electron chi connectivity index (χ2n) is 8.24. The van der Waals surface area contributed by atoms with E-state index < -0.39 is 11.9 Å². The van der Waals surface area contributed by atoms with Crippen LogP contribution in [0.1, 0.15) is 43.2 Å². The third kappa shape index (κ3) is 4.55. The van der Waals surface area contributed by atoms with Crippen LogP contribution in [0.5, 0.6) is 17.2 Å². The predicted octanol–water partition coefficient (Wildman–Crippen LogP) is 4.88. The van der Waals surface area contributed by atoms with Crippen molar-refractivity contribution in [2.75, 3.05) is 14.2 Å². The van der Waals surface area contributed by atoms with E-state index in [-0.39, 0.29) is 23.9 Å². The number of ether oxygens (including phenoxy) is 3. The van der Waals surface area contributed by atoms with E-state index in [0.29, 0.717) is 39.0 Å². The number of hydrogen-bond acceptors (Lipinski definition) is 7. The summed E-state index contributed by atoms with van der Waals surface area (Å²) in [5, 5.41) is 13.6. The molecule has 2 N–H and O–H groups in total. The van der Waals surface area contributed by atoms with Gasteiger partial charge in [-0.15, -0.1) is 0 Å². The van der Waals surface area contributed by atoms with Gasteiger partial charge in [-0.25, -0.2) is 4.79 Å². The molecule has 1 heterocycles. The number of allylic oxidation sites excluding steroid dienone is 3. The molecule has 0 unspecified atom stereocenters. The maximum absolute atomic E-state index is 13.4. The van der Waals surface area contributed by atoms with Crippen molar-refractivity contribution < 1.29 is 28.9 Å². The van der Waals surface area contributed by atoms with Crippen molar-refractivity contribution in [1.82, 2.24) is 5.32 Å². The maximum atomic E-state index is 13.4. The summed E-state index contributed by atoms with van der Waals surface area (Å²) in [5.41, 5.74) is 3.86. The normalized spacial score (nSPS) is 17.8. The van der Waals surface area contributed by atoms with Gasteiger partial charge in [-0.1, -0.05) is 12.1 Å². The number of phenolic OH excluding ortho intramolecular Hbond substituents is 1. The molecule has 1 aliphatic heterocycles. The smallest absolute Gasteiger partial charge is 0.337 e. The van der Waals surface area contributed by atoms with Gasteiger partial charge in [0.2, 0.25) is 0 Å². The van der Waals surface area contributed by atoms with Crippen LogP contribution in [0, 0.1) is 0 Å². The summed E-state index contributed by atoms with van der Waals surface area (Å²) in [6.07, 6.45) is 1.89. The Bertz CT molecular complexity index is 1200. The minimum absolute atomic E-state index is 0.00475. The highest BCUT2D eigenvalue weighted by molar-refractivity contribution is 9.10. The Morgan fingerprint density at radius 1 is 1.15 bits per heavy atom. The first-order valence-electron chi connectivity index (χ1n) is 10.9. The van der Waals surface area contributed by atoms with Crippen molar-refractivity contribution in [2.45, 2.75) is 38.7 Å². The molecule has 0 spiro atoms. The number of methoxy groups -OCH3 is 2. The van der Waals surface area contributed by atoms with Crippen molar-refractivity contribution in [3.8, 4) is 17.2 Å². The summed E-state index contributed by atoms with van der Waals surface area (Å²) in [6, 6.07) is 10.6. The van der Waals surface area contributed by atoms with Gasteiger partial charge in [-0.05, 0) is 71.1 Å². The number of Topliss-reactive ketones (excluding diaryl/α,β-unsaturated/α-hetero) is 1. The molecule has 34 heavy (non-hydrogen) atoms. The average molecular weight is 528 g/mol. The predicted molar refractivity (Wildman–Crippen MR) is 130 cm³/mol. The maximum Gasteiger partial charge on any atom is 0.337 e. The minimum Gasteiger partial charge on any atom is -0.503 e. The second kappa shape index (κ2) is 9.93. The van der Waals surface area contributed by atoms with Crippen LogP contribution in [0.2, 0.25) is 0 Å². The standard InChI is InChI=1S/C26H26BrNO6/c1-14-22(26(31)34-13-15-7-9-17(32-2)10-8-15)23(24-19(28-14)5-4-6-20(24)29)16-11-18(27)25(30)21(12-16)33-3/h7-12,23,28,30H,4-6,13H2,1-3H3/t23-/m1/s1. The van der Waals surface area contributed by atoms with Crippen LogP contribution in [-0.2, 0) is 20.9 Å². The number of carbonyl (C=O) groups excluding carboxylic acids is 2. The highest BCUT2D eigenvalue weighted by Crippen LogP contribution is 2.46. The van der Waals surface area contributed by atoms with Crippen molar-refractivity contribution in [2.24, 2.45) is 0 Å². The first kappa shape index (κ1) is 23.9. The zero-order valence-electron chi connectivity index (χ0n) is 19.2. The Kier molecular flexibility index (Phi) is 6.97. The number of esters is 1. The molecule has 2 aliphatic rings. The molecule has 2 aromatic rings. The summed E-state index contributed by atoms with van der Waals surface area (Å²) in [6.45, 7) is 1.89. The molecule has 178 valence electrons. The van der Waals surface area contributed by atoms with E-state index in [9.17, 15) is 14.7 Å². The van der Waals surface area contributed by atoms with E-state index in [0.717, 1.165) is 24.1 Å². The van der Waals surface area contributed by atoms with E-state index in [1.807, 2.05) is 19.1 Å². The first-order valence-corrected chi connectivity index (χ1v) is 11.7. The topological polar surface area (TPSA) is 94.1 Å². The van der Waals surface area contributed by atoms with Crippen LogP contribution >= 0.6 is 15.9 Å². The highest BCUT2D eigenvalue weighted by Gasteiger charge is 2.39. The summed E-state index contributed by atoms with van der Waals surface area (Å²) < 4.78 is 16.6. The fourth-order valence-electron chi connectivity index (χ4n) is 4.45. The molecular weight excluding hydrogens is 502 g/mol. The molecule has 0 saturated carbocycles. The number of ketones is 1. The van der Waals surface area contributed by atoms with Gasteiger partial charge in [0.15, 0.2) is 17.3 Å². The largest absolute Gasteiger partial charge is 0.503 e. The van der Waals surface area contributed by atoms with Crippen LogP contribution < -0.4 is 14.8 Å². The van der Waals surface area contributed by atoms with Gasteiger partial charge in [-0.3, -0.25) is 4.79 Å². The number of nitrogens with one attached hydrogen (secondary N) is 1. The summed E-state index contributed by atoms with van der Waals surface area (Å²) in [5.74, 6) is -0.245. The van der Waals surface area contributed by atoms with Crippen LogP contribution in [0.15, 0.2) is 63.4 Å². The Hall–Kier alpha value is -3.26. The van der Waals surface area contributed by atoms with Gasteiger partial charge in [0, 0.05) is 29.3 Å². The number of halogens is 1. The van der Waals surface area contributed by atoms with Crippen LogP contribution in [0.4, 0.5) is 0 Å². The van der Waals surface area contributed by atoms with Gasteiger partial charge >= 0.3 is 5.97 Å². The number of rotatable bonds is 6. The molecule has 0 bridgehead atoms. The molecule has 0 fully saturated rings. The molecular formula is C26H26BrNO6. The quantitative estimate of drug-likeness (QED) is 0.516. The Labute approximate surface area is 206 Å². The highest BCUT2D eigenvalue weighted by atomic mass is 79.9. The molecule has 8 heteroatoms. The van der Waals surface area contributed by atoms with Gasteiger partial charge < -0.3 is 24.6 Å². The lowest BCUT2D eigenvalue weighted by atomic mass is 9.75. The minimum atomic E-state index is -0.641. The molecule has 0 saturated heterocycles. The van der Waals surface area contributed by atoms with Gasteiger partial charge in [0.05, 0.1) is 24.3 Å². The van der Waals surface area contributed by atoms with E-state index in [2.05, 4.69) is 21.2 Å². The molecule has 2 aromatic carbocycles. The van der Waals surface area contributed by atoms with Gasteiger partial charge in [0.1, 0.15) is 12.4 Å². The van der Waals surface area contributed by atoms with E-state index in [1.54, 1.807) is 31.4 Å².